The van der Waals surface area contributed by atoms with Crippen LogP contribution >= 0.6 is 11.6 Å². The van der Waals surface area contributed by atoms with Crippen molar-refractivity contribution in [3.05, 3.63) is 53.6 Å². The summed E-state index contributed by atoms with van der Waals surface area (Å²) >= 11 is 6.15. The molecule has 0 unspecified atom stereocenters. The van der Waals surface area contributed by atoms with E-state index in [4.69, 9.17) is 16.0 Å². The minimum atomic E-state index is -0.313. The Hall–Kier alpha value is -2.40. The number of rotatable bonds is 1. The Kier molecular flexibility index (Phi) is 2.31. The Balaban J connectivity index is 2.03. The summed E-state index contributed by atoms with van der Waals surface area (Å²) in [6.45, 7) is 0. The second-order valence-electron chi connectivity index (χ2n) is 4.34. The van der Waals surface area contributed by atoms with Crippen molar-refractivity contribution < 1.29 is 8.81 Å². The third kappa shape index (κ3) is 1.60. The second-order valence-corrected chi connectivity index (χ2v) is 4.70. The molecule has 0 saturated heterocycles. The van der Waals surface area contributed by atoms with Crippen LogP contribution in [0.25, 0.3) is 28.1 Å². The Morgan fingerprint density at radius 2 is 2.10 bits per heavy atom. The topological polar surface area (TPSA) is 43.3 Å². The monoisotopic (exact) mass is 287 g/mol. The lowest BCUT2D eigenvalue weighted by Crippen LogP contribution is -1.91. The van der Waals surface area contributed by atoms with Gasteiger partial charge in [0.2, 0.25) is 0 Å². The average Bonchev–Trinajstić information content (AvgIpc) is 2.97. The quantitative estimate of drug-likeness (QED) is 0.533. The van der Waals surface area contributed by atoms with E-state index in [1.807, 2.05) is 0 Å². The first kappa shape index (κ1) is 11.4. The molecule has 0 atom stereocenters. The number of aromatic nitrogens is 3. The highest BCUT2D eigenvalue weighted by Crippen LogP contribution is 2.32. The fourth-order valence-electron chi connectivity index (χ4n) is 2.20. The van der Waals surface area contributed by atoms with Crippen LogP contribution in [0.1, 0.15) is 0 Å². The lowest BCUT2D eigenvalue weighted by molar-refractivity contribution is 0.616. The van der Waals surface area contributed by atoms with Gasteiger partial charge in [0.25, 0.3) is 0 Å². The van der Waals surface area contributed by atoms with E-state index in [0.29, 0.717) is 33.2 Å². The van der Waals surface area contributed by atoms with Gasteiger partial charge in [0.15, 0.2) is 16.6 Å². The van der Waals surface area contributed by atoms with E-state index < -0.39 is 0 Å². The molecular formula is C14H7ClFN3O. The molecule has 1 aromatic carbocycles. The van der Waals surface area contributed by atoms with Crippen molar-refractivity contribution in [3.63, 3.8) is 0 Å². The first-order chi connectivity index (χ1) is 9.72. The lowest BCUT2D eigenvalue weighted by atomic mass is 10.2. The van der Waals surface area contributed by atoms with Gasteiger partial charge in [-0.05, 0) is 36.4 Å². The number of imidazole rings is 1. The number of halogens is 2. The number of hydrogen-bond acceptors (Lipinski definition) is 3. The summed E-state index contributed by atoms with van der Waals surface area (Å²) in [5.74, 6) is 0.189. The van der Waals surface area contributed by atoms with E-state index in [1.54, 1.807) is 35.0 Å². The van der Waals surface area contributed by atoms with Crippen molar-refractivity contribution in [2.45, 2.75) is 0 Å². The second kappa shape index (κ2) is 4.05. The van der Waals surface area contributed by atoms with Gasteiger partial charge in [-0.2, -0.15) is 5.10 Å². The molecule has 3 aromatic heterocycles. The van der Waals surface area contributed by atoms with Crippen molar-refractivity contribution in [1.29, 1.82) is 0 Å². The molecule has 0 aliphatic heterocycles. The molecule has 4 nitrogen and oxygen atoms in total. The van der Waals surface area contributed by atoms with E-state index in [0.717, 1.165) is 0 Å². The van der Waals surface area contributed by atoms with E-state index in [-0.39, 0.29) is 5.82 Å². The van der Waals surface area contributed by atoms with Gasteiger partial charge in [-0.25, -0.2) is 13.9 Å². The van der Waals surface area contributed by atoms with E-state index >= 15 is 0 Å². The van der Waals surface area contributed by atoms with Crippen LogP contribution in [0.15, 0.2) is 47.0 Å². The molecule has 20 heavy (non-hydrogen) atoms. The molecule has 0 aliphatic carbocycles. The maximum absolute atomic E-state index is 13.2. The van der Waals surface area contributed by atoms with Gasteiger partial charge in [0, 0.05) is 11.6 Å². The molecule has 3 heterocycles. The van der Waals surface area contributed by atoms with Gasteiger partial charge >= 0.3 is 0 Å². The highest BCUT2D eigenvalue weighted by Gasteiger charge is 2.17. The Morgan fingerprint density at radius 1 is 1.20 bits per heavy atom. The van der Waals surface area contributed by atoms with E-state index in [9.17, 15) is 4.39 Å². The van der Waals surface area contributed by atoms with Gasteiger partial charge in [0.05, 0.1) is 0 Å². The van der Waals surface area contributed by atoms with Gasteiger partial charge in [-0.1, -0.05) is 11.6 Å². The predicted octanol–water partition coefficient (Wildman–Crippen LogP) is 3.94. The van der Waals surface area contributed by atoms with Gasteiger partial charge in [0.1, 0.15) is 17.1 Å². The number of furan rings is 1. The van der Waals surface area contributed by atoms with Crippen LogP contribution < -0.4 is 0 Å². The standard InChI is InChI=1S/C14H7ClFN3O/c15-14-13(19-12(18-14)2-1-5-17-19)11-7-8-6-9(16)3-4-10(8)20-11/h1-7H. The molecule has 98 valence electrons. The Labute approximate surface area is 117 Å². The zero-order chi connectivity index (χ0) is 13.7. The first-order valence-electron chi connectivity index (χ1n) is 5.91. The molecule has 0 bridgehead atoms. The van der Waals surface area contributed by atoms with Crippen LogP contribution in [-0.2, 0) is 0 Å². The van der Waals surface area contributed by atoms with Crippen molar-refractivity contribution in [3.8, 4) is 11.5 Å². The number of fused-ring (bicyclic) bond motifs is 2. The summed E-state index contributed by atoms with van der Waals surface area (Å²) in [6, 6.07) is 9.64. The van der Waals surface area contributed by atoms with Crippen LogP contribution in [0.3, 0.4) is 0 Å². The molecular weight excluding hydrogens is 281 g/mol. The highest BCUT2D eigenvalue weighted by molar-refractivity contribution is 6.32. The molecule has 0 saturated carbocycles. The van der Waals surface area contributed by atoms with Crippen LogP contribution in [-0.4, -0.2) is 14.6 Å². The molecule has 0 radical (unpaired) electrons. The zero-order valence-electron chi connectivity index (χ0n) is 10.0. The predicted molar refractivity (Wildman–Crippen MR) is 73.2 cm³/mol. The number of nitrogens with zero attached hydrogens (tertiary/aromatic N) is 3. The largest absolute Gasteiger partial charge is 0.454 e. The minimum Gasteiger partial charge on any atom is -0.454 e. The molecule has 0 amide bonds. The van der Waals surface area contributed by atoms with Crippen molar-refractivity contribution in [1.82, 2.24) is 14.6 Å². The fourth-order valence-corrected chi connectivity index (χ4v) is 2.46. The number of benzene rings is 1. The third-order valence-electron chi connectivity index (χ3n) is 3.06. The molecule has 0 spiro atoms. The molecule has 0 fully saturated rings. The average molecular weight is 288 g/mol. The Morgan fingerprint density at radius 3 is 3.00 bits per heavy atom. The Bertz CT molecular complexity index is 944. The molecule has 4 aromatic rings. The van der Waals surface area contributed by atoms with Crippen molar-refractivity contribution in [2.75, 3.05) is 0 Å². The summed E-state index contributed by atoms with van der Waals surface area (Å²) in [7, 11) is 0. The molecule has 0 N–H and O–H groups in total. The van der Waals surface area contributed by atoms with Gasteiger partial charge < -0.3 is 4.42 Å². The SMILES string of the molecule is Fc1ccc2oc(-c3c(Cl)nc4cccnn34)cc2c1. The maximum atomic E-state index is 13.2. The summed E-state index contributed by atoms with van der Waals surface area (Å²) in [4.78, 5) is 4.21. The normalized spacial score (nSPS) is 11.5. The van der Waals surface area contributed by atoms with Crippen LogP contribution in [0.2, 0.25) is 5.15 Å². The summed E-state index contributed by atoms with van der Waals surface area (Å²) < 4.78 is 20.5. The smallest absolute Gasteiger partial charge is 0.161 e. The number of hydrogen-bond donors (Lipinski definition) is 0. The van der Waals surface area contributed by atoms with E-state index in [2.05, 4.69) is 10.1 Å². The summed E-state index contributed by atoms with van der Waals surface area (Å²) in [5.41, 5.74) is 1.77. The summed E-state index contributed by atoms with van der Waals surface area (Å²) in [5, 5.41) is 5.16. The van der Waals surface area contributed by atoms with E-state index in [1.165, 1.54) is 12.1 Å². The van der Waals surface area contributed by atoms with Crippen molar-refractivity contribution in [2.24, 2.45) is 0 Å². The third-order valence-corrected chi connectivity index (χ3v) is 3.33. The van der Waals surface area contributed by atoms with Crippen LogP contribution in [0, 0.1) is 5.82 Å². The van der Waals surface area contributed by atoms with Crippen LogP contribution in [0.4, 0.5) is 4.39 Å². The molecule has 4 rings (SSSR count). The fraction of sp³-hybridized carbons (Fsp3) is 0. The minimum absolute atomic E-state index is 0.295. The lowest BCUT2D eigenvalue weighted by Gasteiger charge is -1.96. The first-order valence-corrected chi connectivity index (χ1v) is 6.29. The molecule has 0 aliphatic rings. The van der Waals surface area contributed by atoms with Crippen LogP contribution in [0.5, 0.6) is 0 Å². The zero-order valence-corrected chi connectivity index (χ0v) is 10.8. The van der Waals surface area contributed by atoms with Gasteiger partial charge in [-0.3, -0.25) is 0 Å². The summed E-state index contributed by atoms with van der Waals surface area (Å²) in [6.07, 6.45) is 1.64. The molecule has 6 heteroatoms. The van der Waals surface area contributed by atoms with Crippen molar-refractivity contribution >= 4 is 28.2 Å². The highest BCUT2D eigenvalue weighted by atomic mass is 35.5. The van der Waals surface area contributed by atoms with Gasteiger partial charge in [-0.15, -0.1) is 0 Å². The maximum Gasteiger partial charge on any atom is 0.161 e.